The van der Waals surface area contributed by atoms with E-state index in [0.29, 0.717) is 12.1 Å². The van der Waals surface area contributed by atoms with E-state index >= 15 is 0 Å². The standard InChI is InChI=1S/C22H26F2N2O2S/c1-2-8-25-9-6-19(7-10-25)26-11-5-16-12-20(3-4-22(16)26)29(27,28)21-14-17(23)13-18(24)15-21/h3-4,12-15,19H,2,5-11H2,1H3. The Kier molecular flexibility index (Phi) is 5.62. The number of nitrogens with zero attached hydrogens (tertiary/aromatic N) is 2. The third-order valence-corrected chi connectivity index (χ3v) is 7.71. The van der Waals surface area contributed by atoms with Crippen LogP contribution in [0.3, 0.4) is 0 Å². The molecular weight excluding hydrogens is 394 g/mol. The van der Waals surface area contributed by atoms with E-state index in [1.54, 1.807) is 12.1 Å². The molecule has 0 bridgehead atoms. The van der Waals surface area contributed by atoms with Crippen LogP contribution in [0.1, 0.15) is 31.7 Å². The fraction of sp³-hybridized carbons (Fsp3) is 0.455. The summed E-state index contributed by atoms with van der Waals surface area (Å²) in [6, 6.07) is 7.95. The maximum atomic E-state index is 13.5. The van der Waals surface area contributed by atoms with Gasteiger partial charge in [0.15, 0.2) is 0 Å². The molecule has 7 heteroatoms. The lowest BCUT2D eigenvalue weighted by Gasteiger charge is -2.38. The first-order chi connectivity index (χ1) is 13.9. The molecule has 0 saturated carbocycles. The van der Waals surface area contributed by atoms with Crippen LogP contribution < -0.4 is 4.90 Å². The number of benzene rings is 2. The van der Waals surface area contributed by atoms with Crippen LogP contribution in [0.5, 0.6) is 0 Å². The fourth-order valence-corrected chi connectivity index (χ4v) is 5.89. The lowest BCUT2D eigenvalue weighted by Crippen LogP contribution is -2.44. The lowest BCUT2D eigenvalue weighted by atomic mass is 10.0. The second-order valence-corrected chi connectivity index (χ2v) is 9.86. The van der Waals surface area contributed by atoms with Crippen LogP contribution in [-0.4, -0.2) is 45.5 Å². The molecule has 0 radical (unpaired) electrons. The molecule has 0 atom stereocenters. The number of rotatable bonds is 5. The van der Waals surface area contributed by atoms with Crippen molar-refractivity contribution in [3.8, 4) is 0 Å². The van der Waals surface area contributed by atoms with Crippen LogP contribution in [0.25, 0.3) is 0 Å². The number of likely N-dealkylation sites (tertiary alicyclic amines) is 1. The highest BCUT2D eigenvalue weighted by Gasteiger charge is 2.30. The zero-order chi connectivity index (χ0) is 20.6. The minimum Gasteiger partial charge on any atom is -0.368 e. The maximum absolute atomic E-state index is 13.5. The van der Waals surface area contributed by atoms with Gasteiger partial charge in [-0.1, -0.05) is 6.92 Å². The number of fused-ring (bicyclic) bond motifs is 1. The SMILES string of the molecule is CCCN1CCC(N2CCc3cc(S(=O)(=O)c4cc(F)cc(F)c4)ccc32)CC1. The first-order valence-electron chi connectivity index (χ1n) is 10.2. The van der Waals surface area contributed by atoms with E-state index in [4.69, 9.17) is 0 Å². The molecule has 4 nitrogen and oxygen atoms in total. The smallest absolute Gasteiger partial charge is 0.206 e. The zero-order valence-electron chi connectivity index (χ0n) is 16.6. The van der Waals surface area contributed by atoms with E-state index in [1.807, 2.05) is 6.07 Å². The molecule has 0 amide bonds. The van der Waals surface area contributed by atoms with Gasteiger partial charge >= 0.3 is 0 Å². The normalized spacial score (nSPS) is 18.2. The molecular formula is C22H26F2N2O2S. The van der Waals surface area contributed by atoms with Gasteiger partial charge in [0.05, 0.1) is 9.79 Å². The third kappa shape index (κ3) is 4.03. The van der Waals surface area contributed by atoms with Crippen LogP contribution >= 0.6 is 0 Å². The van der Waals surface area contributed by atoms with E-state index in [0.717, 1.165) is 68.8 Å². The Hall–Kier alpha value is -1.99. The fourth-order valence-electron chi connectivity index (χ4n) is 4.54. The van der Waals surface area contributed by atoms with Crippen LogP contribution in [0.2, 0.25) is 0 Å². The highest BCUT2D eigenvalue weighted by Crippen LogP contribution is 2.35. The van der Waals surface area contributed by atoms with E-state index in [2.05, 4.69) is 16.7 Å². The zero-order valence-corrected chi connectivity index (χ0v) is 17.4. The molecule has 29 heavy (non-hydrogen) atoms. The van der Waals surface area contributed by atoms with Crippen molar-refractivity contribution in [3.63, 3.8) is 0 Å². The summed E-state index contributed by atoms with van der Waals surface area (Å²) in [6.45, 7) is 6.42. The molecule has 2 aromatic carbocycles. The molecule has 2 aliphatic rings. The number of hydrogen-bond donors (Lipinski definition) is 0. The van der Waals surface area contributed by atoms with Gasteiger partial charge in [-0.15, -0.1) is 0 Å². The van der Waals surface area contributed by atoms with Gasteiger partial charge in [-0.25, -0.2) is 17.2 Å². The number of sulfone groups is 1. The number of halogens is 2. The van der Waals surface area contributed by atoms with E-state index in [-0.39, 0.29) is 9.79 Å². The Labute approximate surface area is 171 Å². The van der Waals surface area contributed by atoms with Crippen molar-refractivity contribution in [1.82, 2.24) is 4.90 Å². The second-order valence-electron chi connectivity index (χ2n) is 7.92. The van der Waals surface area contributed by atoms with Gasteiger partial charge in [-0.2, -0.15) is 0 Å². The predicted molar refractivity (Wildman–Crippen MR) is 109 cm³/mol. The minimum atomic E-state index is -3.97. The highest BCUT2D eigenvalue weighted by atomic mass is 32.2. The molecule has 2 aromatic rings. The van der Waals surface area contributed by atoms with Crippen molar-refractivity contribution in [2.45, 2.75) is 48.4 Å². The molecule has 2 aliphatic heterocycles. The summed E-state index contributed by atoms with van der Waals surface area (Å²) in [4.78, 5) is 4.63. The maximum Gasteiger partial charge on any atom is 0.206 e. The predicted octanol–water partition coefficient (Wildman–Crippen LogP) is 4.03. The van der Waals surface area contributed by atoms with Crippen molar-refractivity contribution in [2.75, 3.05) is 31.1 Å². The lowest BCUT2D eigenvalue weighted by molar-refractivity contribution is 0.210. The third-order valence-electron chi connectivity index (χ3n) is 5.98. The Balaban J connectivity index is 1.56. The Morgan fingerprint density at radius 3 is 2.31 bits per heavy atom. The summed E-state index contributed by atoms with van der Waals surface area (Å²) in [6.07, 6.45) is 4.18. The van der Waals surface area contributed by atoms with Gasteiger partial charge < -0.3 is 9.80 Å². The average molecular weight is 421 g/mol. The largest absolute Gasteiger partial charge is 0.368 e. The summed E-state index contributed by atoms with van der Waals surface area (Å²) in [5.74, 6) is -1.80. The molecule has 0 aliphatic carbocycles. The number of hydrogen-bond acceptors (Lipinski definition) is 4. The van der Waals surface area contributed by atoms with Crippen molar-refractivity contribution in [1.29, 1.82) is 0 Å². The van der Waals surface area contributed by atoms with Crippen molar-refractivity contribution >= 4 is 15.5 Å². The molecule has 0 N–H and O–H groups in total. The first-order valence-corrected chi connectivity index (χ1v) is 11.7. The molecule has 4 rings (SSSR count). The van der Waals surface area contributed by atoms with Crippen LogP contribution in [0, 0.1) is 11.6 Å². The van der Waals surface area contributed by atoms with Crippen molar-refractivity contribution in [2.24, 2.45) is 0 Å². The van der Waals surface area contributed by atoms with Gasteiger partial charge in [-0.05, 0) is 68.1 Å². The molecule has 0 spiro atoms. The Bertz CT molecular complexity index is 982. The molecule has 156 valence electrons. The summed E-state index contributed by atoms with van der Waals surface area (Å²) in [5, 5.41) is 0. The highest BCUT2D eigenvalue weighted by molar-refractivity contribution is 7.91. The molecule has 0 aromatic heterocycles. The summed E-state index contributed by atoms with van der Waals surface area (Å²) in [7, 11) is -3.97. The van der Waals surface area contributed by atoms with Gasteiger partial charge in [-0.3, -0.25) is 0 Å². The number of anilines is 1. The van der Waals surface area contributed by atoms with Crippen molar-refractivity contribution in [3.05, 3.63) is 53.6 Å². The van der Waals surface area contributed by atoms with E-state index in [9.17, 15) is 17.2 Å². The van der Waals surface area contributed by atoms with Crippen molar-refractivity contribution < 1.29 is 17.2 Å². The van der Waals surface area contributed by atoms with E-state index in [1.165, 1.54) is 6.42 Å². The van der Waals surface area contributed by atoms with E-state index < -0.39 is 21.5 Å². The topological polar surface area (TPSA) is 40.6 Å². The first kappa shape index (κ1) is 20.3. The summed E-state index contributed by atoms with van der Waals surface area (Å²) >= 11 is 0. The van der Waals surface area contributed by atoms with Crippen LogP contribution in [0.15, 0.2) is 46.2 Å². The quantitative estimate of drug-likeness (QED) is 0.732. The minimum absolute atomic E-state index is 0.0841. The molecule has 1 saturated heterocycles. The molecule has 2 heterocycles. The Morgan fingerprint density at radius 2 is 1.66 bits per heavy atom. The van der Waals surface area contributed by atoms with Gasteiger partial charge in [0.1, 0.15) is 11.6 Å². The van der Waals surface area contributed by atoms with Gasteiger partial charge in [0.2, 0.25) is 9.84 Å². The number of piperidine rings is 1. The summed E-state index contributed by atoms with van der Waals surface area (Å²) in [5.41, 5.74) is 2.07. The van der Waals surface area contributed by atoms with Gasteiger partial charge in [0.25, 0.3) is 0 Å². The average Bonchev–Trinajstić information content (AvgIpc) is 3.11. The second kappa shape index (κ2) is 8.03. The summed E-state index contributed by atoms with van der Waals surface area (Å²) < 4.78 is 52.8. The van der Waals surface area contributed by atoms with Gasteiger partial charge in [0, 0.05) is 37.4 Å². The monoisotopic (exact) mass is 420 g/mol. The Morgan fingerprint density at radius 1 is 0.966 bits per heavy atom. The molecule has 0 unspecified atom stereocenters. The van der Waals surface area contributed by atoms with Crippen LogP contribution in [-0.2, 0) is 16.3 Å². The van der Waals surface area contributed by atoms with Crippen LogP contribution in [0.4, 0.5) is 14.5 Å². The molecule has 1 fully saturated rings.